The number of para-hydroxylation sites is 1. The van der Waals surface area contributed by atoms with Crippen molar-refractivity contribution in [3.63, 3.8) is 0 Å². The molecule has 2 amide bonds. The van der Waals surface area contributed by atoms with Gasteiger partial charge in [0.2, 0.25) is 5.91 Å². The highest BCUT2D eigenvalue weighted by atomic mass is 16.2. The van der Waals surface area contributed by atoms with E-state index in [9.17, 15) is 9.59 Å². The number of carbonyl (C=O) groups is 2. The van der Waals surface area contributed by atoms with Crippen LogP contribution in [0, 0.1) is 20.8 Å². The molecule has 0 aromatic heterocycles. The average molecular weight is 308 g/mol. The van der Waals surface area contributed by atoms with E-state index in [0.29, 0.717) is 5.69 Å². The summed E-state index contributed by atoms with van der Waals surface area (Å²) in [7, 11) is 0. The first-order valence-corrected chi connectivity index (χ1v) is 7.73. The van der Waals surface area contributed by atoms with Gasteiger partial charge in [-0.05, 0) is 55.7 Å². The number of imide groups is 1. The second kappa shape index (κ2) is 5.88. The molecule has 2 aromatic rings. The molecule has 4 nitrogen and oxygen atoms in total. The SMILES string of the molecule is Cc1cc(C)cc(N[C@H]2CC(=O)N(c3ccccc3C)C2=O)c1. The second-order valence-corrected chi connectivity index (χ2v) is 6.13. The standard InChI is InChI=1S/C19H20N2O2/c1-12-8-13(2)10-15(9-12)20-16-11-18(22)21(19(16)23)17-7-5-4-6-14(17)3/h4-10,16,20H,11H2,1-3H3/t16-/m0/s1. The molecule has 0 unspecified atom stereocenters. The van der Waals surface area contributed by atoms with E-state index in [1.807, 2.05) is 57.2 Å². The van der Waals surface area contributed by atoms with Gasteiger partial charge in [-0.3, -0.25) is 9.59 Å². The summed E-state index contributed by atoms with van der Waals surface area (Å²) in [6.45, 7) is 5.93. The molecule has 0 saturated carbocycles. The predicted molar refractivity (Wildman–Crippen MR) is 91.6 cm³/mol. The van der Waals surface area contributed by atoms with E-state index in [0.717, 1.165) is 22.4 Å². The Hall–Kier alpha value is -2.62. The van der Waals surface area contributed by atoms with E-state index < -0.39 is 6.04 Å². The van der Waals surface area contributed by atoms with Crippen LogP contribution in [0.1, 0.15) is 23.1 Å². The number of aryl methyl sites for hydroxylation is 3. The van der Waals surface area contributed by atoms with Gasteiger partial charge in [0.15, 0.2) is 0 Å². The van der Waals surface area contributed by atoms with Crippen molar-refractivity contribution in [2.45, 2.75) is 33.2 Å². The molecule has 0 bridgehead atoms. The van der Waals surface area contributed by atoms with E-state index in [1.54, 1.807) is 0 Å². The number of rotatable bonds is 3. The molecule has 1 heterocycles. The Morgan fingerprint density at radius 2 is 1.65 bits per heavy atom. The van der Waals surface area contributed by atoms with Gasteiger partial charge in [-0.2, -0.15) is 0 Å². The van der Waals surface area contributed by atoms with Gasteiger partial charge in [0.05, 0.1) is 12.1 Å². The van der Waals surface area contributed by atoms with Crippen LogP contribution in [0.3, 0.4) is 0 Å². The van der Waals surface area contributed by atoms with Gasteiger partial charge in [-0.15, -0.1) is 0 Å². The van der Waals surface area contributed by atoms with Crippen molar-refractivity contribution in [3.8, 4) is 0 Å². The first-order valence-electron chi connectivity index (χ1n) is 7.73. The topological polar surface area (TPSA) is 49.4 Å². The van der Waals surface area contributed by atoms with Crippen molar-refractivity contribution < 1.29 is 9.59 Å². The highest BCUT2D eigenvalue weighted by Crippen LogP contribution is 2.27. The Kier molecular flexibility index (Phi) is 3.90. The van der Waals surface area contributed by atoms with Crippen molar-refractivity contribution in [2.24, 2.45) is 0 Å². The number of benzene rings is 2. The number of carbonyl (C=O) groups excluding carboxylic acids is 2. The lowest BCUT2D eigenvalue weighted by atomic mass is 10.1. The van der Waals surface area contributed by atoms with Crippen LogP contribution in [-0.4, -0.2) is 17.9 Å². The van der Waals surface area contributed by atoms with Gasteiger partial charge in [0, 0.05) is 5.69 Å². The molecule has 1 atom stereocenters. The summed E-state index contributed by atoms with van der Waals surface area (Å²) in [4.78, 5) is 26.3. The third-order valence-electron chi connectivity index (χ3n) is 4.07. The molecular formula is C19H20N2O2. The van der Waals surface area contributed by atoms with E-state index in [4.69, 9.17) is 0 Å². The summed E-state index contributed by atoms with van der Waals surface area (Å²) in [5.74, 6) is -0.352. The molecule has 3 rings (SSSR count). The number of anilines is 2. The van der Waals surface area contributed by atoms with Crippen LogP contribution < -0.4 is 10.2 Å². The molecule has 1 aliphatic heterocycles. The minimum atomic E-state index is -0.511. The monoisotopic (exact) mass is 308 g/mol. The highest BCUT2D eigenvalue weighted by molar-refractivity contribution is 6.23. The van der Waals surface area contributed by atoms with E-state index >= 15 is 0 Å². The van der Waals surface area contributed by atoms with Gasteiger partial charge < -0.3 is 5.32 Å². The second-order valence-electron chi connectivity index (χ2n) is 6.13. The fourth-order valence-corrected chi connectivity index (χ4v) is 3.07. The molecular weight excluding hydrogens is 288 g/mol. The van der Waals surface area contributed by atoms with Crippen LogP contribution >= 0.6 is 0 Å². The molecule has 0 radical (unpaired) electrons. The maximum absolute atomic E-state index is 12.7. The summed E-state index contributed by atoms with van der Waals surface area (Å²) >= 11 is 0. The fourth-order valence-electron chi connectivity index (χ4n) is 3.07. The van der Waals surface area contributed by atoms with Crippen LogP contribution in [0.2, 0.25) is 0 Å². The number of nitrogens with zero attached hydrogens (tertiary/aromatic N) is 1. The zero-order valence-corrected chi connectivity index (χ0v) is 13.6. The molecule has 1 aliphatic rings. The molecule has 23 heavy (non-hydrogen) atoms. The number of hydrogen-bond acceptors (Lipinski definition) is 3. The molecule has 0 aliphatic carbocycles. The van der Waals surface area contributed by atoms with Crippen LogP contribution in [0.5, 0.6) is 0 Å². The maximum atomic E-state index is 12.7. The summed E-state index contributed by atoms with van der Waals surface area (Å²) in [6.07, 6.45) is 0.181. The number of nitrogens with one attached hydrogen (secondary N) is 1. The smallest absolute Gasteiger partial charge is 0.256 e. The van der Waals surface area contributed by atoms with Crippen molar-refractivity contribution in [2.75, 3.05) is 10.2 Å². The number of hydrogen-bond donors (Lipinski definition) is 1. The molecule has 2 aromatic carbocycles. The zero-order chi connectivity index (χ0) is 16.6. The minimum Gasteiger partial charge on any atom is -0.373 e. The van der Waals surface area contributed by atoms with E-state index in [-0.39, 0.29) is 18.2 Å². The summed E-state index contributed by atoms with van der Waals surface area (Å²) in [6, 6.07) is 13.0. The normalized spacial score (nSPS) is 17.7. The summed E-state index contributed by atoms with van der Waals surface area (Å²) in [5, 5.41) is 3.21. The van der Waals surface area contributed by atoms with Crippen LogP contribution in [-0.2, 0) is 9.59 Å². The predicted octanol–water partition coefficient (Wildman–Crippen LogP) is 3.36. The van der Waals surface area contributed by atoms with Crippen LogP contribution in [0.25, 0.3) is 0 Å². The number of amides is 2. The van der Waals surface area contributed by atoms with Gasteiger partial charge in [-0.1, -0.05) is 24.3 Å². The third kappa shape index (κ3) is 2.97. The van der Waals surface area contributed by atoms with Crippen molar-refractivity contribution >= 4 is 23.2 Å². The van der Waals surface area contributed by atoms with Crippen LogP contribution in [0.15, 0.2) is 42.5 Å². The Morgan fingerprint density at radius 3 is 2.30 bits per heavy atom. The Bertz CT molecular complexity index is 762. The van der Waals surface area contributed by atoms with Crippen molar-refractivity contribution in [3.05, 3.63) is 59.2 Å². The third-order valence-corrected chi connectivity index (χ3v) is 4.07. The largest absolute Gasteiger partial charge is 0.373 e. The summed E-state index contributed by atoms with van der Waals surface area (Å²) < 4.78 is 0. The minimum absolute atomic E-state index is 0.161. The lowest BCUT2D eigenvalue weighted by Gasteiger charge is -2.18. The van der Waals surface area contributed by atoms with E-state index in [1.165, 1.54) is 4.90 Å². The van der Waals surface area contributed by atoms with Gasteiger partial charge in [-0.25, -0.2) is 4.90 Å². The molecule has 118 valence electrons. The van der Waals surface area contributed by atoms with Crippen LogP contribution in [0.4, 0.5) is 11.4 Å². The summed E-state index contributed by atoms with van der Waals surface area (Å²) in [5.41, 5.74) is 4.72. The lowest BCUT2D eigenvalue weighted by Crippen LogP contribution is -2.35. The van der Waals surface area contributed by atoms with Crippen molar-refractivity contribution in [1.82, 2.24) is 0 Å². The quantitative estimate of drug-likeness (QED) is 0.885. The average Bonchev–Trinajstić information content (AvgIpc) is 2.73. The zero-order valence-electron chi connectivity index (χ0n) is 13.6. The highest BCUT2D eigenvalue weighted by Gasteiger charge is 2.40. The molecule has 0 spiro atoms. The first kappa shape index (κ1) is 15.3. The Morgan fingerprint density at radius 1 is 1.00 bits per heavy atom. The molecule has 1 fully saturated rings. The maximum Gasteiger partial charge on any atom is 0.256 e. The molecule has 4 heteroatoms. The molecule has 1 N–H and O–H groups in total. The van der Waals surface area contributed by atoms with Gasteiger partial charge in [0.25, 0.3) is 5.91 Å². The molecule has 1 saturated heterocycles. The Balaban J connectivity index is 1.85. The van der Waals surface area contributed by atoms with Crippen molar-refractivity contribution in [1.29, 1.82) is 0 Å². The van der Waals surface area contributed by atoms with E-state index in [2.05, 4.69) is 11.4 Å². The first-order chi connectivity index (χ1) is 11.0. The van der Waals surface area contributed by atoms with Gasteiger partial charge >= 0.3 is 0 Å². The van der Waals surface area contributed by atoms with Gasteiger partial charge in [0.1, 0.15) is 6.04 Å². The fraction of sp³-hybridized carbons (Fsp3) is 0.263. The Labute approximate surface area is 136 Å². The lowest BCUT2D eigenvalue weighted by molar-refractivity contribution is -0.121.